The van der Waals surface area contributed by atoms with Gasteiger partial charge in [-0.3, -0.25) is 5.41 Å². The van der Waals surface area contributed by atoms with Crippen LogP contribution in [0.3, 0.4) is 0 Å². The second-order valence-corrected chi connectivity index (χ2v) is 3.45. The molecule has 0 unspecified atom stereocenters. The minimum atomic E-state index is 0.0670. The van der Waals surface area contributed by atoms with Crippen molar-refractivity contribution in [3.63, 3.8) is 0 Å². The zero-order valence-corrected chi connectivity index (χ0v) is 8.85. The summed E-state index contributed by atoms with van der Waals surface area (Å²) in [6, 6.07) is 5.45. The highest BCUT2D eigenvalue weighted by Gasteiger charge is 2.03. The van der Waals surface area contributed by atoms with E-state index in [1.54, 1.807) is 6.07 Å². The fraction of sp³-hybridized carbons (Fsp3) is 0.222. The number of amidine groups is 1. The van der Waals surface area contributed by atoms with Gasteiger partial charge in [0.25, 0.3) is 0 Å². The van der Waals surface area contributed by atoms with Gasteiger partial charge in [-0.2, -0.15) is 4.33 Å². The minimum absolute atomic E-state index is 0.0670. The van der Waals surface area contributed by atoms with Crippen LogP contribution in [0, 0.1) is 12.3 Å². The van der Waals surface area contributed by atoms with E-state index in [-0.39, 0.29) is 5.84 Å². The van der Waals surface area contributed by atoms with Crippen molar-refractivity contribution in [2.24, 2.45) is 5.73 Å². The number of hydrogen-bond donors (Lipinski definition) is 2. The first kappa shape index (κ1) is 11.0. The largest absolute Gasteiger partial charge is 0.384 e. The van der Waals surface area contributed by atoms with Crippen LogP contribution in [0.4, 0.5) is 0 Å². The lowest BCUT2D eigenvalue weighted by atomic mass is 10.1. The molecule has 3 N–H and O–H groups in total. The molecule has 0 saturated carbocycles. The van der Waals surface area contributed by atoms with E-state index >= 15 is 0 Å². The van der Waals surface area contributed by atoms with Crippen molar-refractivity contribution in [2.45, 2.75) is 11.8 Å². The Morgan fingerprint density at radius 1 is 1.50 bits per heavy atom. The first-order valence-electron chi connectivity index (χ1n) is 3.97. The molecule has 0 heterocycles. The zero-order chi connectivity index (χ0) is 10.6. The number of hydrogen-bond acceptors (Lipinski definition) is 4. The summed E-state index contributed by atoms with van der Waals surface area (Å²) >= 11 is 1.13. The molecule has 0 amide bonds. The van der Waals surface area contributed by atoms with Crippen molar-refractivity contribution < 1.29 is 9.22 Å². The second-order valence-electron chi connectivity index (χ2n) is 2.71. The predicted molar refractivity (Wildman–Crippen MR) is 56.1 cm³/mol. The van der Waals surface area contributed by atoms with Crippen molar-refractivity contribution >= 4 is 17.9 Å². The molecule has 0 radical (unpaired) electrons. The Hall–Kier alpha value is -1.04. The maximum absolute atomic E-state index is 7.26. The molecular weight excluding hydrogens is 200 g/mol. The summed E-state index contributed by atoms with van der Waals surface area (Å²) in [7, 11) is 1.45. The Morgan fingerprint density at radius 2 is 2.21 bits per heavy atom. The molecular formula is C9H12N2O2S. The third-order valence-electron chi connectivity index (χ3n) is 1.68. The van der Waals surface area contributed by atoms with Gasteiger partial charge in [0.15, 0.2) is 0 Å². The first-order chi connectivity index (χ1) is 6.65. The van der Waals surface area contributed by atoms with Crippen molar-refractivity contribution in [3.8, 4) is 0 Å². The summed E-state index contributed by atoms with van der Waals surface area (Å²) in [5.41, 5.74) is 7.07. The average Bonchev–Trinajstić information content (AvgIpc) is 2.15. The fourth-order valence-electron chi connectivity index (χ4n) is 0.981. The van der Waals surface area contributed by atoms with Gasteiger partial charge in [0.05, 0.1) is 19.2 Å². The summed E-state index contributed by atoms with van der Waals surface area (Å²) in [4.78, 5) is 5.42. The Labute approximate surface area is 87.0 Å². The van der Waals surface area contributed by atoms with Crippen LogP contribution in [0.2, 0.25) is 0 Å². The van der Waals surface area contributed by atoms with E-state index in [0.717, 1.165) is 22.5 Å². The van der Waals surface area contributed by atoms with Gasteiger partial charge in [-0.05, 0) is 24.6 Å². The van der Waals surface area contributed by atoms with Gasteiger partial charge in [-0.25, -0.2) is 4.89 Å². The molecule has 1 rings (SSSR count). The molecule has 5 heteroatoms. The fourth-order valence-corrected chi connectivity index (χ4v) is 1.44. The Kier molecular flexibility index (Phi) is 3.94. The highest BCUT2D eigenvalue weighted by atomic mass is 32.2. The van der Waals surface area contributed by atoms with Crippen molar-refractivity contribution in [3.05, 3.63) is 29.3 Å². The van der Waals surface area contributed by atoms with Gasteiger partial charge < -0.3 is 5.73 Å². The number of rotatable bonds is 4. The molecule has 0 spiro atoms. The molecule has 0 aliphatic carbocycles. The van der Waals surface area contributed by atoms with Gasteiger partial charge >= 0.3 is 0 Å². The highest BCUT2D eigenvalue weighted by Crippen LogP contribution is 2.23. The van der Waals surface area contributed by atoms with E-state index in [1.807, 2.05) is 19.1 Å². The predicted octanol–water partition coefficient (Wildman–Crippen LogP) is 1.86. The smallest absolute Gasteiger partial charge is 0.122 e. The molecule has 1 aromatic rings. The maximum atomic E-state index is 7.26. The number of nitrogens with two attached hydrogens (primary N) is 1. The molecule has 0 aliphatic heterocycles. The number of nitrogen functional groups attached to an aromatic ring is 1. The number of benzene rings is 1. The third-order valence-corrected chi connectivity index (χ3v) is 2.52. The lowest BCUT2D eigenvalue weighted by Crippen LogP contribution is -2.11. The van der Waals surface area contributed by atoms with E-state index in [4.69, 9.17) is 15.5 Å². The SMILES string of the molecule is COOSc1ccc(C(=N)N)cc1C. The van der Waals surface area contributed by atoms with E-state index in [9.17, 15) is 0 Å². The van der Waals surface area contributed by atoms with Gasteiger partial charge in [0.2, 0.25) is 0 Å². The molecule has 1 aromatic carbocycles. The van der Waals surface area contributed by atoms with Gasteiger partial charge in [0.1, 0.15) is 5.84 Å². The molecule has 0 aliphatic rings. The van der Waals surface area contributed by atoms with Crippen LogP contribution in [0.15, 0.2) is 23.1 Å². The van der Waals surface area contributed by atoms with Crippen molar-refractivity contribution in [1.82, 2.24) is 0 Å². The summed E-state index contributed by atoms with van der Waals surface area (Å²) in [6.07, 6.45) is 0. The van der Waals surface area contributed by atoms with Crippen molar-refractivity contribution in [2.75, 3.05) is 7.11 Å². The summed E-state index contributed by atoms with van der Waals surface area (Å²) in [5.74, 6) is 0.0670. The van der Waals surface area contributed by atoms with Crippen LogP contribution < -0.4 is 5.73 Å². The van der Waals surface area contributed by atoms with E-state index in [0.29, 0.717) is 5.56 Å². The van der Waals surface area contributed by atoms with Crippen LogP contribution in [0.1, 0.15) is 11.1 Å². The Bertz CT molecular complexity index is 342. The van der Waals surface area contributed by atoms with Crippen LogP contribution >= 0.6 is 12.0 Å². The first-order valence-corrected chi connectivity index (χ1v) is 4.71. The van der Waals surface area contributed by atoms with Gasteiger partial charge in [-0.15, -0.1) is 0 Å². The Balaban J connectivity index is 2.84. The topological polar surface area (TPSA) is 68.3 Å². The lowest BCUT2D eigenvalue weighted by molar-refractivity contribution is -0.160. The number of aryl methyl sites for hydroxylation is 1. The van der Waals surface area contributed by atoms with E-state index < -0.39 is 0 Å². The monoisotopic (exact) mass is 212 g/mol. The molecule has 0 atom stereocenters. The van der Waals surface area contributed by atoms with Gasteiger partial charge in [0, 0.05) is 10.5 Å². The normalized spacial score (nSPS) is 10.1. The zero-order valence-electron chi connectivity index (χ0n) is 8.03. The minimum Gasteiger partial charge on any atom is -0.384 e. The summed E-state index contributed by atoms with van der Waals surface area (Å²) in [5, 5.41) is 7.26. The van der Waals surface area contributed by atoms with Crippen molar-refractivity contribution in [1.29, 1.82) is 5.41 Å². The van der Waals surface area contributed by atoms with Crippen LogP contribution in [-0.2, 0) is 9.22 Å². The average molecular weight is 212 g/mol. The second kappa shape index (κ2) is 4.99. The quantitative estimate of drug-likeness (QED) is 0.263. The molecule has 76 valence electrons. The molecule has 4 nitrogen and oxygen atoms in total. The van der Waals surface area contributed by atoms with E-state index in [1.165, 1.54) is 7.11 Å². The standard InChI is InChI=1S/C9H12N2O2S/c1-6-5-7(9(10)11)3-4-8(6)14-13-12-2/h3-5H,1-2H3,(H3,10,11). The van der Waals surface area contributed by atoms with Gasteiger partial charge in [-0.1, -0.05) is 6.07 Å². The molecule has 14 heavy (non-hydrogen) atoms. The van der Waals surface area contributed by atoms with Crippen LogP contribution in [0.25, 0.3) is 0 Å². The third kappa shape index (κ3) is 2.73. The molecule has 0 fully saturated rings. The molecule has 0 aromatic heterocycles. The summed E-state index contributed by atoms with van der Waals surface area (Å²) < 4.78 is 4.73. The maximum Gasteiger partial charge on any atom is 0.122 e. The summed E-state index contributed by atoms with van der Waals surface area (Å²) in [6.45, 7) is 1.92. The van der Waals surface area contributed by atoms with Crippen LogP contribution in [0.5, 0.6) is 0 Å². The molecule has 0 bridgehead atoms. The van der Waals surface area contributed by atoms with E-state index in [2.05, 4.69) is 4.89 Å². The molecule has 0 saturated heterocycles. The highest BCUT2D eigenvalue weighted by molar-refractivity contribution is 7.94. The lowest BCUT2D eigenvalue weighted by Gasteiger charge is -2.05. The van der Waals surface area contributed by atoms with Crippen LogP contribution in [-0.4, -0.2) is 12.9 Å². The Morgan fingerprint density at radius 3 is 2.71 bits per heavy atom. The number of nitrogens with one attached hydrogen (secondary N) is 1.